The zero-order chi connectivity index (χ0) is 11.5. The highest BCUT2D eigenvalue weighted by atomic mass is 16.5. The largest absolute Gasteiger partial charge is 0.493 e. The Bertz CT molecular complexity index is 483. The smallest absolute Gasteiger partial charge is 0.138 e. The second-order valence-electron chi connectivity index (χ2n) is 4.04. The minimum atomic E-state index is 0.324. The molecular formula is C12H14N4O. The highest BCUT2D eigenvalue weighted by Gasteiger charge is 2.20. The number of hydrogen-bond donors (Lipinski definition) is 2. The van der Waals surface area contributed by atoms with E-state index < -0.39 is 0 Å². The van der Waals surface area contributed by atoms with Crippen LogP contribution in [0.25, 0.3) is 0 Å². The van der Waals surface area contributed by atoms with Crippen molar-refractivity contribution in [1.29, 1.82) is 0 Å². The topological polar surface area (TPSA) is 62.8 Å². The number of aromatic amines is 1. The lowest BCUT2D eigenvalue weighted by Crippen LogP contribution is -2.27. The molecule has 0 saturated carbocycles. The normalized spacial score (nSPS) is 18.5. The monoisotopic (exact) mass is 230 g/mol. The molecule has 0 amide bonds. The van der Waals surface area contributed by atoms with E-state index in [4.69, 9.17) is 4.74 Å². The van der Waals surface area contributed by atoms with Crippen LogP contribution in [0.15, 0.2) is 30.6 Å². The van der Waals surface area contributed by atoms with Crippen molar-refractivity contribution in [2.45, 2.75) is 19.0 Å². The lowest BCUT2D eigenvalue weighted by molar-refractivity contribution is 0.251. The van der Waals surface area contributed by atoms with Gasteiger partial charge < -0.3 is 10.1 Å². The summed E-state index contributed by atoms with van der Waals surface area (Å²) >= 11 is 0. The molecule has 0 radical (unpaired) electrons. The Morgan fingerprint density at radius 2 is 2.35 bits per heavy atom. The van der Waals surface area contributed by atoms with Crippen LogP contribution in [0, 0.1) is 0 Å². The van der Waals surface area contributed by atoms with Gasteiger partial charge in [-0.05, 0) is 6.07 Å². The first-order chi connectivity index (χ1) is 8.43. The Balaban J connectivity index is 1.72. The van der Waals surface area contributed by atoms with E-state index in [1.54, 1.807) is 0 Å². The summed E-state index contributed by atoms with van der Waals surface area (Å²) in [6.07, 6.45) is 2.50. The molecule has 0 spiro atoms. The van der Waals surface area contributed by atoms with Crippen LogP contribution in [0.4, 0.5) is 0 Å². The molecule has 1 aromatic carbocycles. The summed E-state index contributed by atoms with van der Waals surface area (Å²) in [6.45, 7) is 1.45. The lowest BCUT2D eigenvalue weighted by atomic mass is 10.0. The number of para-hydroxylation sites is 1. The van der Waals surface area contributed by atoms with Gasteiger partial charge >= 0.3 is 0 Å². The summed E-state index contributed by atoms with van der Waals surface area (Å²) in [5.41, 5.74) is 1.22. The van der Waals surface area contributed by atoms with Crippen LogP contribution in [-0.2, 0) is 6.54 Å². The minimum Gasteiger partial charge on any atom is -0.493 e. The fraction of sp³-hybridized carbons (Fsp3) is 0.333. The molecule has 0 fully saturated rings. The molecule has 1 aromatic heterocycles. The van der Waals surface area contributed by atoms with E-state index in [1.807, 2.05) is 18.2 Å². The van der Waals surface area contributed by atoms with Gasteiger partial charge in [-0.25, -0.2) is 4.98 Å². The van der Waals surface area contributed by atoms with Gasteiger partial charge in [0.1, 0.15) is 17.9 Å². The molecule has 5 heteroatoms. The zero-order valence-electron chi connectivity index (χ0n) is 9.39. The van der Waals surface area contributed by atoms with Crippen molar-refractivity contribution >= 4 is 0 Å². The van der Waals surface area contributed by atoms with Crippen LogP contribution in [0.1, 0.15) is 23.9 Å². The summed E-state index contributed by atoms with van der Waals surface area (Å²) in [6, 6.07) is 8.48. The average molecular weight is 230 g/mol. The molecule has 2 aromatic rings. The van der Waals surface area contributed by atoms with Crippen LogP contribution in [0.2, 0.25) is 0 Å². The summed E-state index contributed by atoms with van der Waals surface area (Å²) in [5, 5.41) is 10.1. The molecule has 2 heterocycles. The molecule has 5 nitrogen and oxygen atoms in total. The maximum absolute atomic E-state index is 5.61. The standard InChI is InChI=1S/C12H14N4O/c1-2-4-11-9(3-1)10(5-6-17-11)13-7-12-14-8-15-16-12/h1-4,8,10,13H,5-7H2,(H,14,15,16). The molecule has 1 aliphatic rings. The van der Waals surface area contributed by atoms with Crippen molar-refractivity contribution in [2.24, 2.45) is 0 Å². The van der Waals surface area contributed by atoms with Gasteiger partial charge in [0, 0.05) is 18.0 Å². The Hall–Kier alpha value is -1.88. The lowest BCUT2D eigenvalue weighted by Gasteiger charge is -2.26. The number of aromatic nitrogens is 3. The van der Waals surface area contributed by atoms with Gasteiger partial charge in [0.25, 0.3) is 0 Å². The first-order valence-corrected chi connectivity index (χ1v) is 5.73. The highest BCUT2D eigenvalue weighted by Crippen LogP contribution is 2.31. The van der Waals surface area contributed by atoms with Crippen LogP contribution in [-0.4, -0.2) is 21.8 Å². The molecule has 3 rings (SSSR count). The van der Waals surface area contributed by atoms with Gasteiger partial charge in [-0.3, -0.25) is 5.10 Å². The van der Waals surface area contributed by atoms with Crippen LogP contribution in [0.5, 0.6) is 5.75 Å². The number of benzene rings is 1. The number of H-pyrrole nitrogens is 1. The van der Waals surface area contributed by atoms with E-state index in [0.717, 1.165) is 24.6 Å². The second-order valence-corrected chi connectivity index (χ2v) is 4.04. The first kappa shape index (κ1) is 10.3. The summed E-state index contributed by atoms with van der Waals surface area (Å²) in [7, 11) is 0. The Kier molecular flexibility index (Phi) is 2.75. The third-order valence-electron chi connectivity index (χ3n) is 2.94. The molecule has 1 aliphatic heterocycles. The third kappa shape index (κ3) is 2.14. The predicted octanol–water partition coefficient (Wildman–Crippen LogP) is 1.42. The Morgan fingerprint density at radius 3 is 3.24 bits per heavy atom. The van der Waals surface area contributed by atoms with E-state index in [2.05, 4.69) is 26.6 Å². The molecule has 2 N–H and O–H groups in total. The first-order valence-electron chi connectivity index (χ1n) is 5.73. The van der Waals surface area contributed by atoms with Crippen LogP contribution in [0.3, 0.4) is 0 Å². The van der Waals surface area contributed by atoms with Crippen LogP contribution < -0.4 is 10.1 Å². The van der Waals surface area contributed by atoms with Crippen LogP contribution >= 0.6 is 0 Å². The van der Waals surface area contributed by atoms with Gasteiger partial charge in [0.15, 0.2) is 0 Å². The van der Waals surface area contributed by atoms with E-state index >= 15 is 0 Å². The van der Waals surface area contributed by atoms with Gasteiger partial charge in [0.2, 0.25) is 0 Å². The fourth-order valence-electron chi connectivity index (χ4n) is 2.09. The van der Waals surface area contributed by atoms with Crippen molar-refractivity contribution in [3.63, 3.8) is 0 Å². The summed E-state index contributed by atoms with van der Waals surface area (Å²) in [4.78, 5) is 4.10. The van der Waals surface area contributed by atoms with Crippen molar-refractivity contribution in [2.75, 3.05) is 6.61 Å². The van der Waals surface area contributed by atoms with Gasteiger partial charge in [-0.2, -0.15) is 5.10 Å². The number of fused-ring (bicyclic) bond motifs is 1. The molecule has 0 saturated heterocycles. The maximum atomic E-state index is 5.61. The molecule has 1 unspecified atom stereocenters. The summed E-state index contributed by atoms with van der Waals surface area (Å²) in [5.74, 6) is 1.84. The number of hydrogen-bond acceptors (Lipinski definition) is 4. The van der Waals surface area contributed by atoms with Gasteiger partial charge in [-0.15, -0.1) is 0 Å². The molecule has 0 aliphatic carbocycles. The van der Waals surface area contributed by atoms with E-state index in [-0.39, 0.29) is 0 Å². The van der Waals surface area contributed by atoms with Crippen molar-refractivity contribution < 1.29 is 4.74 Å². The molecule has 0 bridgehead atoms. The van der Waals surface area contributed by atoms with E-state index in [9.17, 15) is 0 Å². The predicted molar refractivity (Wildman–Crippen MR) is 62.5 cm³/mol. The number of ether oxygens (including phenoxy) is 1. The number of rotatable bonds is 3. The molecule has 1 atom stereocenters. The SMILES string of the molecule is c1ccc2c(c1)OCCC2NCc1ncn[nH]1. The number of nitrogens with zero attached hydrogens (tertiary/aromatic N) is 2. The number of nitrogens with one attached hydrogen (secondary N) is 2. The van der Waals surface area contributed by atoms with Gasteiger partial charge in [-0.1, -0.05) is 18.2 Å². The second kappa shape index (κ2) is 4.55. The zero-order valence-corrected chi connectivity index (χ0v) is 9.39. The minimum absolute atomic E-state index is 0.324. The molecule has 88 valence electrons. The van der Waals surface area contributed by atoms with Crippen molar-refractivity contribution in [3.8, 4) is 5.75 Å². The van der Waals surface area contributed by atoms with Crippen molar-refractivity contribution in [3.05, 3.63) is 42.0 Å². The van der Waals surface area contributed by atoms with E-state index in [1.165, 1.54) is 11.9 Å². The third-order valence-corrected chi connectivity index (χ3v) is 2.94. The average Bonchev–Trinajstić information content (AvgIpc) is 2.89. The van der Waals surface area contributed by atoms with Gasteiger partial charge in [0.05, 0.1) is 13.2 Å². The Labute approximate surface area is 99.2 Å². The molecular weight excluding hydrogens is 216 g/mol. The Morgan fingerprint density at radius 1 is 1.41 bits per heavy atom. The van der Waals surface area contributed by atoms with E-state index in [0.29, 0.717) is 12.6 Å². The molecule has 17 heavy (non-hydrogen) atoms. The highest BCUT2D eigenvalue weighted by molar-refractivity contribution is 5.37. The fourth-order valence-corrected chi connectivity index (χ4v) is 2.09. The quantitative estimate of drug-likeness (QED) is 0.837. The van der Waals surface area contributed by atoms with Crippen molar-refractivity contribution in [1.82, 2.24) is 20.5 Å². The summed E-state index contributed by atoms with van der Waals surface area (Å²) < 4.78 is 5.61. The maximum Gasteiger partial charge on any atom is 0.138 e.